The number of nitrogens with two attached hydrogens (primary N) is 1. The van der Waals surface area contributed by atoms with Crippen LogP contribution in [-0.2, 0) is 5.41 Å². The fraction of sp³-hybridized carbons (Fsp3) is 0.222. The topological polar surface area (TPSA) is 51.8 Å². The molecule has 3 rings (SSSR count). The van der Waals surface area contributed by atoms with Gasteiger partial charge in [0.25, 0.3) is 0 Å². The Morgan fingerprint density at radius 1 is 0.810 bits per heavy atom. The van der Waals surface area contributed by atoms with E-state index in [2.05, 4.69) is 55.2 Å². The van der Waals surface area contributed by atoms with Crippen molar-refractivity contribution in [2.45, 2.75) is 26.2 Å². The van der Waals surface area contributed by atoms with Crippen molar-refractivity contribution < 1.29 is 0 Å². The first kappa shape index (κ1) is 13.6. The number of nitrogens with zero attached hydrogens (tertiary/aromatic N) is 2. The zero-order valence-electron chi connectivity index (χ0n) is 12.6. The molecule has 3 aromatic rings. The molecule has 0 aliphatic heterocycles. The Morgan fingerprint density at radius 3 is 2.05 bits per heavy atom. The molecule has 1 heterocycles. The standard InChI is InChI=1S/C18H19N3/c1-18(2,3)13-10-8-12(9-11-13)16-14-6-4-5-7-15(14)17(19)21-20-16/h4-11H,1-3H3,(H2,19,21). The highest BCUT2D eigenvalue weighted by molar-refractivity contribution is 5.99. The van der Waals surface area contributed by atoms with Gasteiger partial charge in [-0.05, 0) is 11.0 Å². The maximum atomic E-state index is 5.91. The maximum absolute atomic E-state index is 5.91. The lowest BCUT2D eigenvalue weighted by molar-refractivity contribution is 0.590. The fourth-order valence-electron chi connectivity index (χ4n) is 2.47. The van der Waals surface area contributed by atoms with Crippen molar-refractivity contribution in [3.63, 3.8) is 0 Å². The third-order valence-electron chi connectivity index (χ3n) is 3.74. The molecule has 0 radical (unpaired) electrons. The number of anilines is 1. The molecule has 2 N–H and O–H groups in total. The molecule has 0 aliphatic rings. The smallest absolute Gasteiger partial charge is 0.154 e. The minimum atomic E-state index is 0.146. The van der Waals surface area contributed by atoms with Crippen molar-refractivity contribution in [3.05, 3.63) is 54.1 Å². The van der Waals surface area contributed by atoms with Gasteiger partial charge in [0.1, 0.15) is 5.69 Å². The van der Waals surface area contributed by atoms with Gasteiger partial charge in [0.2, 0.25) is 0 Å². The Morgan fingerprint density at radius 2 is 1.43 bits per heavy atom. The maximum Gasteiger partial charge on any atom is 0.154 e. The number of hydrogen-bond acceptors (Lipinski definition) is 3. The van der Waals surface area contributed by atoms with Crippen molar-refractivity contribution in [2.75, 3.05) is 5.73 Å². The highest BCUT2D eigenvalue weighted by Gasteiger charge is 2.14. The summed E-state index contributed by atoms with van der Waals surface area (Å²) in [5.41, 5.74) is 9.30. The molecular weight excluding hydrogens is 258 g/mol. The summed E-state index contributed by atoms with van der Waals surface area (Å²) in [5.74, 6) is 0.473. The number of fused-ring (bicyclic) bond motifs is 1. The minimum absolute atomic E-state index is 0.146. The molecule has 3 heteroatoms. The predicted molar refractivity (Wildman–Crippen MR) is 88.1 cm³/mol. The van der Waals surface area contributed by atoms with Crippen LogP contribution in [0.15, 0.2) is 48.5 Å². The van der Waals surface area contributed by atoms with Gasteiger partial charge < -0.3 is 5.73 Å². The molecular formula is C18H19N3. The van der Waals surface area contributed by atoms with E-state index >= 15 is 0 Å². The molecule has 3 nitrogen and oxygen atoms in total. The Balaban J connectivity index is 2.15. The quantitative estimate of drug-likeness (QED) is 0.726. The lowest BCUT2D eigenvalue weighted by Gasteiger charge is -2.19. The van der Waals surface area contributed by atoms with Crippen molar-refractivity contribution in [3.8, 4) is 11.3 Å². The molecule has 0 unspecified atom stereocenters. The van der Waals surface area contributed by atoms with Crippen molar-refractivity contribution in [1.29, 1.82) is 0 Å². The monoisotopic (exact) mass is 277 g/mol. The minimum Gasteiger partial charge on any atom is -0.382 e. The van der Waals surface area contributed by atoms with Gasteiger partial charge in [-0.3, -0.25) is 0 Å². The average molecular weight is 277 g/mol. The van der Waals surface area contributed by atoms with Crippen LogP contribution in [0.5, 0.6) is 0 Å². The number of hydrogen-bond donors (Lipinski definition) is 1. The third-order valence-corrected chi connectivity index (χ3v) is 3.74. The first-order chi connectivity index (χ1) is 9.97. The van der Waals surface area contributed by atoms with Gasteiger partial charge in [-0.25, -0.2) is 0 Å². The van der Waals surface area contributed by atoms with Gasteiger partial charge in [-0.1, -0.05) is 69.3 Å². The summed E-state index contributed by atoms with van der Waals surface area (Å²) >= 11 is 0. The fourth-order valence-corrected chi connectivity index (χ4v) is 2.47. The molecule has 0 saturated carbocycles. The van der Waals surface area contributed by atoms with Gasteiger partial charge in [0, 0.05) is 16.3 Å². The largest absolute Gasteiger partial charge is 0.382 e. The molecule has 0 atom stereocenters. The van der Waals surface area contributed by atoms with Gasteiger partial charge >= 0.3 is 0 Å². The lowest BCUT2D eigenvalue weighted by Crippen LogP contribution is -2.10. The summed E-state index contributed by atoms with van der Waals surface area (Å²) in [5, 5.41) is 10.4. The van der Waals surface area contributed by atoms with Gasteiger partial charge in [0.05, 0.1) is 0 Å². The van der Waals surface area contributed by atoms with Crippen LogP contribution in [0, 0.1) is 0 Å². The van der Waals surface area contributed by atoms with Gasteiger partial charge in [-0.15, -0.1) is 10.2 Å². The highest BCUT2D eigenvalue weighted by Crippen LogP contribution is 2.30. The molecule has 0 spiro atoms. The van der Waals surface area contributed by atoms with Crippen molar-refractivity contribution >= 4 is 16.6 Å². The number of benzene rings is 2. The van der Waals surface area contributed by atoms with E-state index in [1.165, 1.54) is 5.56 Å². The summed E-state index contributed by atoms with van der Waals surface area (Å²) in [6.07, 6.45) is 0. The Labute approximate surface area is 124 Å². The third kappa shape index (κ3) is 2.47. The van der Waals surface area contributed by atoms with E-state index in [1.807, 2.05) is 24.3 Å². The normalized spacial score (nSPS) is 11.8. The van der Waals surface area contributed by atoms with E-state index < -0.39 is 0 Å². The average Bonchev–Trinajstić information content (AvgIpc) is 2.47. The van der Waals surface area contributed by atoms with E-state index in [9.17, 15) is 0 Å². The van der Waals surface area contributed by atoms with E-state index in [0.29, 0.717) is 5.82 Å². The highest BCUT2D eigenvalue weighted by atomic mass is 15.1. The molecule has 0 bridgehead atoms. The van der Waals surface area contributed by atoms with Crippen molar-refractivity contribution in [1.82, 2.24) is 10.2 Å². The van der Waals surface area contributed by atoms with E-state index in [-0.39, 0.29) is 5.41 Å². The summed E-state index contributed by atoms with van der Waals surface area (Å²) in [4.78, 5) is 0. The summed E-state index contributed by atoms with van der Waals surface area (Å²) < 4.78 is 0. The first-order valence-electron chi connectivity index (χ1n) is 7.08. The lowest BCUT2D eigenvalue weighted by atomic mass is 9.86. The Bertz CT molecular complexity index is 784. The number of aromatic nitrogens is 2. The Hall–Kier alpha value is -2.42. The number of nitrogen functional groups attached to an aromatic ring is 1. The van der Waals surface area contributed by atoms with Crippen LogP contribution < -0.4 is 5.73 Å². The predicted octanol–water partition coefficient (Wildman–Crippen LogP) is 4.18. The second kappa shape index (κ2) is 4.85. The number of rotatable bonds is 1. The summed E-state index contributed by atoms with van der Waals surface area (Å²) in [7, 11) is 0. The SMILES string of the molecule is CC(C)(C)c1ccc(-c2nnc(N)c3ccccc23)cc1. The molecule has 106 valence electrons. The van der Waals surface area contributed by atoms with Crippen LogP contribution in [0.3, 0.4) is 0 Å². The molecule has 0 aliphatic carbocycles. The van der Waals surface area contributed by atoms with Crippen LogP contribution in [0.1, 0.15) is 26.3 Å². The van der Waals surface area contributed by atoms with Crippen LogP contribution in [0.2, 0.25) is 0 Å². The Kier molecular flexibility index (Phi) is 3.13. The van der Waals surface area contributed by atoms with Crippen LogP contribution in [0.25, 0.3) is 22.0 Å². The van der Waals surface area contributed by atoms with E-state index in [1.54, 1.807) is 0 Å². The van der Waals surface area contributed by atoms with Gasteiger partial charge in [-0.2, -0.15) is 0 Å². The molecule has 0 fully saturated rings. The first-order valence-corrected chi connectivity index (χ1v) is 7.08. The molecule has 21 heavy (non-hydrogen) atoms. The van der Waals surface area contributed by atoms with Crippen LogP contribution >= 0.6 is 0 Å². The summed E-state index contributed by atoms with van der Waals surface area (Å²) in [6.45, 7) is 6.63. The van der Waals surface area contributed by atoms with E-state index in [0.717, 1.165) is 22.0 Å². The van der Waals surface area contributed by atoms with Crippen LogP contribution in [0.4, 0.5) is 5.82 Å². The second-order valence-electron chi connectivity index (χ2n) is 6.31. The molecule has 0 amide bonds. The van der Waals surface area contributed by atoms with Gasteiger partial charge in [0.15, 0.2) is 5.82 Å². The van der Waals surface area contributed by atoms with E-state index in [4.69, 9.17) is 5.73 Å². The summed E-state index contributed by atoms with van der Waals surface area (Å²) in [6, 6.07) is 16.5. The molecule has 2 aromatic carbocycles. The molecule has 0 saturated heterocycles. The zero-order valence-corrected chi connectivity index (χ0v) is 12.6. The van der Waals surface area contributed by atoms with Crippen molar-refractivity contribution in [2.24, 2.45) is 0 Å². The second-order valence-corrected chi connectivity index (χ2v) is 6.31. The van der Waals surface area contributed by atoms with Crippen LogP contribution in [-0.4, -0.2) is 10.2 Å². The zero-order chi connectivity index (χ0) is 15.0. The molecule has 1 aromatic heterocycles.